The van der Waals surface area contributed by atoms with Gasteiger partial charge in [0.25, 0.3) is 0 Å². The highest BCUT2D eigenvalue weighted by Crippen LogP contribution is 2.40. The van der Waals surface area contributed by atoms with Gasteiger partial charge in [-0.2, -0.15) is 5.10 Å². The van der Waals surface area contributed by atoms with E-state index in [0.29, 0.717) is 22.8 Å². The lowest BCUT2D eigenvalue weighted by atomic mass is 9.93. The number of aliphatic hydroxyl groups excluding tert-OH is 2. The topological polar surface area (TPSA) is 132 Å². The van der Waals surface area contributed by atoms with Crippen LogP contribution in [0.2, 0.25) is 0 Å². The lowest BCUT2D eigenvalue weighted by Gasteiger charge is -2.27. The normalized spacial score (nSPS) is 28.5. The molecular weight excluding hydrogens is 360 g/mol. The fraction of sp³-hybridized carbons (Fsp3) is 0.562. The number of carbonyl (C=O) groups excluding carboxylic acids is 1. The summed E-state index contributed by atoms with van der Waals surface area (Å²) in [6, 6.07) is 3.43. The monoisotopic (exact) mass is 382 g/mol. The smallest absolute Gasteiger partial charge is 0.367 e. The molecule has 1 aliphatic heterocycles. The first-order valence-electron chi connectivity index (χ1n) is 8.30. The summed E-state index contributed by atoms with van der Waals surface area (Å²) in [6.07, 6.45) is -1.15. The number of nitrogens with zero attached hydrogens (tertiary/aromatic N) is 3. The van der Waals surface area contributed by atoms with E-state index >= 15 is 0 Å². The van der Waals surface area contributed by atoms with Crippen LogP contribution in [0.15, 0.2) is 18.5 Å². The molecule has 1 saturated heterocycles. The summed E-state index contributed by atoms with van der Waals surface area (Å²) in [7, 11) is 0. The summed E-state index contributed by atoms with van der Waals surface area (Å²) in [5.74, 6) is 0.950. The van der Waals surface area contributed by atoms with Gasteiger partial charge in [0.15, 0.2) is 5.82 Å². The quantitative estimate of drug-likeness (QED) is 0.646. The lowest BCUT2D eigenvalue weighted by Crippen LogP contribution is -2.39. The molecular formula is C16H22N4O5S. The van der Waals surface area contributed by atoms with Gasteiger partial charge < -0.3 is 25.4 Å². The predicted octanol–water partition coefficient (Wildman–Crippen LogP) is 0.927. The highest BCUT2D eigenvalue weighted by molar-refractivity contribution is 8.13. The Labute approximate surface area is 154 Å². The van der Waals surface area contributed by atoms with Crippen LogP contribution in [0.4, 0.5) is 10.6 Å². The number of thioether (sulfide) groups is 1. The van der Waals surface area contributed by atoms with E-state index in [1.165, 1.54) is 10.8 Å². The molecule has 142 valence electrons. The van der Waals surface area contributed by atoms with Crippen LogP contribution in [-0.2, 0) is 15.1 Å². The zero-order chi connectivity index (χ0) is 18.9. The molecule has 0 bridgehead atoms. The van der Waals surface area contributed by atoms with Gasteiger partial charge in [0.1, 0.15) is 42.4 Å². The van der Waals surface area contributed by atoms with Crippen LogP contribution in [0.5, 0.6) is 0 Å². The molecule has 9 nitrogen and oxygen atoms in total. The number of hydrogen-bond donors (Lipinski definition) is 3. The molecule has 4 atom stereocenters. The summed E-state index contributed by atoms with van der Waals surface area (Å²) >= 11 is 1.07. The van der Waals surface area contributed by atoms with Crippen LogP contribution in [-0.4, -0.2) is 60.8 Å². The zero-order valence-corrected chi connectivity index (χ0v) is 15.3. The number of aliphatic hydroxyl groups is 2. The number of aromatic nitrogens is 3. The maximum atomic E-state index is 11.7. The van der Waals surface area contributed by atoms with E-state index in [-0.39, 0.29) is 6.61 Å². The molecule has 4 N–H and O–H groups in total. The molecule has 1 fully saturated rings. The summed E-state index contributed by atoms with van der Waals surface area (Å²) in [4.78, 5) is 15.6. The first-order valence-corrected chi connectivity index (χ1v) is 9.29. The summed E-state index contributed by atoms with van der Waals surface area (Å²) in [6.45, 7) is 3.46. The van der Waals surface area contributed by atoms with E-state index in [1.54, 1.807) is 19.1 Å². The molecule has 0 saturated carbocycles. The number of nitrogens with two attached hydrogens (primary N) is 1. The van der Waals surface area contributed by atoms with Gasteiger partial charge in [0, 0.05) is 5.75 Å². The average molecular weight is 382 g/mol. The zero-order valence-electron chi connectivity index (χ0n) is 14.5. The summed E-state index contributed by atoms with van der Waals surface area (Å²) in [5.41, 5.74) is 5.67. The highest BCUT2D eigenvalue weighted by atomic mass is 32.2. The third kappa shape index (κ3) is 3.25. The van der Waals surface area contributed by atoms with Gasteiger partial charge in [-0.1, -0.05) is 6.92 Å². The van der Waals surface area contributed by atoms with Gasteiger partial charge in [-0.25, -0.2) is 14.3 Å². The number of hydrogen-bond acceptors (Lipinski definition) is 9. The Kier molecular flexibility index (Phi) is 5.37. The van der Waals surface area contributed by atoms with E-state index in [9.17, 15) is 15.0 Å². The third-order valence-corrected chi connectivity index (χ3v) is 5.41. The fourth-order valence-corrected chi connectivity index (χ4v) is 3.56. The number of carbonyl (C=O) groups is 1. The van der Waals surface area contributed by atoms with Crippen molar-refractivity contribution in [3.05, 3.63) is 24.2 Å². The molecule has 10 heteroatoms. The Morgan fingerprint density at radius 3 is 3.00 bits per heavy atom. The number of fused-ring (bicyclic) bond motifs is 1. The molecule has 2 aromatic rings. The summed E-state index contributed by atoms with van der Waals surface area (Å²) in [5, 5.41) is 24.7. The van der Waals surface area contributed by atoms with Gasteiger partial charge in [0.05, 0.1) is 5.69 Å². The minimum atomic E-state index is -1.25. The number of anilines is 1. The van der Waals surface area contributed by atoms with Crippen LogP contribution < -0.4 is 5.73 Å². The average Bonchev–Trinajstić information content (AvgIpc) is 3.15. The largest absolute Gasteiger partial charge is 0.455 e. The maximum absolute atomic E-state index is 11.7. The predicted molar refractivity (Wildman–Crippen MR) is 95.7 cm³/mol. The van der Waals surface area contributed by atoms with Gasteiger partial charge in [-0.15, -0.1) is 0 Å². The minimum absolute atomic E-state index is 0.149. The van der Waals surface area contributed by atoms with Crippen LogP contribution in [0.3, 0.4) is 0 Å². The third-order valence-electron chi connectivity index (χ3n) is 4.44. The Hall–Kier alpha value is -1.88. The van der Waals surface area contributed by atoms with E-state index in [2.05, 4.69) is 10.1 Å². The van der Waals surface area contributed by atoms with Crippen LogP contribution in [0.1, 0.15) is 26.0 Å². The fourth-order valence-electron chi connectivity index (χ4n) is 3.03. The molecule has 0 unspecified atom stereocenters. The molecule has 0 spiro atoms. The molecule has 3 heterocycles. The molecule has 26 heavy (non-hydrogen) atoms. The molecule has 1 aliphatic rings. The second kappa shape index (κ2) is 7.39. The van der Waals surface area contributed by atoms with Crippen molar-refractivity contribution in [3.8, 4) is 0 Å². The van der Waals surface area contributed by atoms with Gasteiger partial charge in [-0.05, 0) is 37.2 Å². The van der Waals surface area contributed by atoms with Gasteiger partial charge >= 0.3 is 5.30 Å². The van der Waals surface area contributed by atoms with Crippen LogP contribution in [0.25, 0.3) is 5.52 Å². The van der Waals surface area contributed by atoms with Crippen LogP contribution >= 0.6 is 11.8 Å². The van der Waals surface area contributed by atoms with Gasteiger partial charge in [0.2, 0.25) is 0 Å². The molecule has 0 aliphatic carbocycles. The van der Waals surface area contributed by atoms with E-state index in [1.807, 2.05) is 6.92 Å². The van der Waals surface area contributed by atoms with Crippen molar-refractivity contribution in [2.75, 3.05) is 18.1 Å². The highest BCUT2D eigenvalue weighted by Gasteiger charge is 2.53. The maximum Gasteiger partial charge on any atom is 0.367 e. The number of ether oxygens (including phenoxy) is 2. The number of rotatable bonds is 5. The van der Waals surface area contributed by atoms with Crippen molar-refractivity contribution in [2.45, 2.75) is 44.2 Å². The Morgan fingerprint density at radius 1 is 1.50 bits per heavy atom. The van der Waals surface area contributed by atoms with Crippen molar-refractivity contribution in [2.24, 2.45) is 0 Å². The first kappa shape index (κ1) is 18.9. The summed E-state index contributed by atoms with van der Waals surface area (Å²) < 4.78 is 12.6. The van der Waals surface area contributed by atoms with E-state index < -0.39 is 29.2 Å². The molecule has 3 rings (SSSR count). The molecule has 2 aromatic heterocycles. The van der Waals surface area contributed by atoms with Crippen molar-refractivity contribution < 1.29 is 24.5 Å². The van der Waals surface area contributed by atoms with E-state index in [0.717, 1.165) is 18.2 Å². The Bertz CT molecular complexity index is 800. The molecule has 0 radical (unpaired) electrons. The van der Waals surface area contributed by atoms with Crippen molar-refractivity contribution in [1.82, 2.24) is 14.6 Å². The number of nitrogen functional groups attached to an aromatic ring is 1. The molecule has 0 aromatic carbocycles. The Morgan fingerprint density at radius 2 is 2.27 bits per heavy atom. The van der Waals surface area contributed by atoms with Crippen molar-refractivity contribution in [1.29, 1.82) is 0 Å². The minimum Gasteiger partial charge on any atom is -0.455 e. The standard InChI is InChI=1S/C16H22N4O5S/c1-3-6-26-15(23)24-7-10-12(21)13(22)16(2,25-10)11-5-4-9-14(17)18-8-19-20(9)11/h4-5,8,10,12-13,21-22H,3,6-7H2,1-2H3,(H2,17,18,19)/t10-,12-,13-,16+/m1/s1. The Balaban J connectivity index is 1.79. The lowest BCUT2D eigenvalue weighted by molar-refractivity contribution is -0.0888. The molecule has 0 amide bonds. The van der Waals surface area contributed by atoms with Gasteiger partial charge in [-0.3, -0.25) is 0 Å². The van der Waals surface area contributed by atoms with Crippen molar-refractivity contribution in [3.63, 3.8) is 0 Å². The second-order valence-electron chi connectivity index (χ2n) is 6.27. The SMILES string of the molecule is CCCSC(=O)OC[C@H]1O[C@@](C)(c2ccc3c(N)ncnn23)[C@H](O)[C@@H]1O. The van der Waals surface area contributed by atoms with E-state index in [4.69, 9.17) is 15.2 Å². The first-order chi connectivity index (χ1) is 12.4. The van der Waals surface area contributed by atoms with Crippen LogP contribution in [0, 0.1) is 0 Å². The second-order valence-corrected chi connectivity index (χ2v) is 7.30. The van der Waals surface area contributed by atoms with Crippen molar-refractivity contribution >= 4 is 28.4 Å².